The van der Waals surface area contributed by atoms with Crippen LogP contribution in [0.15, 0.2) is 30.4 Å². The zero-order valence-electron chi connectivity index (χ0n) is 8.41. The summed E-state index contributed by atoms with van der Waals surface area (Å²) in [7, 11) is 0. The number of hydrogen-bond donors (Lipinski definition) is 0. The molecule has 0 aliphatic carbocycles. The molecule has 2 rings (SSSR count). The summed E-state index contributed by atoms with van der Waals surface area (Å²) in [5.74, 6) is 2.09. The van der Waals surface area contributed by atoms with Crippen LogP contribution in [0.4, 0.5) is 0 Å². The Bertz CT molecular complexity index is 423. The first-order valence-corrected chi connectivity index (χ1v) is 4.65. The van der Waals surface area contributed by atoms with Crippen LogP contribution in [-0.4, -0.2) is 11.5 Å². The molecule has 2 aromatic rings. The molecule has 0 aliphatic heterocycles. The summed E-state index contributed by atoms with van der Waals surface area (Å²) in [5.41, 5.74) is 1.48. The van der Waals surface area contributed by atoms with Gasteiger partial charge in [0, 0.05) is 0 Å². The first kappa shape index (κ1) is 8.55. The normalized spacial score (nSPS) is 11.9. The Morgan fingerprint density at radius 2 is 2.00 bits per heavy atom. The maximum atomic E-state index is 2.31. The van der Waals surface area contributed by atoms with Crippen molar-refractivity contribution in [1.82, 2.24) is 4.57 Å². The van der Waals surface area contributed by atoms with E-state index in [2.05, 4.69) is 62.6 Å². The standard InChI is InChI=1S/C11H14BN/c1-11(2,3)13-8-6-9-5-4-7-12-10(9)13/h4-8H,1-3H3. The van der Waals surface area contributed by atoms with Crippen LogP contribution in [0.25, 0.3) is 10.8 Å². The SMILES string of the molecule is CC(C)(C)n1ccc2cccbc21. The predicted molar refractivity (Wildman–Crippen MR) is 58.3 cm³/mol. The average molecular weight is 171 g/mol. The van der Waals surface area contributed by atoms with Crippen molar-refractivity contribution in [2.45, 2.75) is 26.3 Å². The molecule has 0 unspecified atom stereocenters. The summed E-state index contributed by atoms with van der Waals surface area (Å²) >= 11 is 0. The Kier molecular flexibility index (Phi) is 1.79. The van der Waals surface area contributed by atoms with Crippen molar-refractivity contribution in [1.29, 1.82) is 0 Å². The molecule has 13 heavy (non-hydrogen) atoms. The van der Waals surface area contributed by atoms with E-state index in [4.69, 9.17) is 0 Å². The van der Waals surface area contributed by atoms with Crippen molar-refractivity contribution in [3.05, 3.63) is 30.4 Å². The fourth-order valence-electron chi connectivity index (χ4n) is 1.67. The van der Waals surface area contributed by atoms with E-state index in [1.165, 1.54) is 10.8 Å². The molecule has 0 spiro atoms. The monoisotopic (exact) mass is 171 g/mol. The molecule has 0 aromatic carbocycles. The van der Waals surface area contributed by atoms with Crippen molar-refractivity contribution in [2.75, 3.05) is 0 Å². The molecular formula is C11H14BN. The van der Waals surface area contributed by atoms with Gasteiger partial charge in [-0.25, -0.2) is 0 Å². The van der Waals surface area contributed by atoms with Crippen molar-refractivity contribution >= 4 is 17.7 Å². The third-order valence-corrected chi connectivity index (χ3v) is 2.32. The van der Waals surface area contributed by atoms with Gasteiger partial charge in [0.05, 0.1) is 0 Å². The molecule has 0 radical (unpaired) electrons. The van der Waals surface area contributed by atoms with Gasteiger partial charge < -0.3 is 0 Å². The van der Waals surface area contributed by atoms with Gasteiger partial charge in [-0.3, -0.25) is 0 Å². The second-order valence-electron chi connectivity index (χ2n) is 4.42. The molecule has 66 valence electrons. The molecule has 0 saturated heterocycles. The first-order valence-electron chi connectivity index (χ1n) is 4.65. The van der Waals surface area contributed by atoms with Crippen LogP contribution in [0.5, 0.6) is 0 Å². The molecule has 2 heterocycles. The number of rotatable bonds is 0. The Morgan fingerprint density at radius 3 is 2.69 bits per heavy atom. The molecule has 0 N–H and O–H groups in total. The van der Waals surface area contributed by atoms with Crippen molar-refractivity contribution in [3.8, 4) is 0 Å². The fraction of sp³-hybridized carbons (Fsp3) is 0.364. The topological polar surface area (TPSA) is 4.93 Å². The molecule has 0 fully saturated rings. The third kappa shape index (κ3) is 1.41. The van der Waals surface area contributed by atoms with Crippen molar-refractivity contribution in [2.24, 2.45) is 0 Å². The summed E-state index contributed by atoms with van der Waals surface area (Å²) in [6.07, 6.45) is 2.16. The second-order valence-corrected chi connectivity index (χ2v) is 4.42. The Balaban J connectivity index is 2.72. The van der Waals surface area contributed by atoms with Gasteiger partial charge in [-0.1, -0.05) is 0 Å². The Labute approximate surface area is 79.6 Å². The predicted octanol–water partition coefficient (Wildman–Crippen LogP) is 2.73. The van der Waals surface area contributed by atoms with Crippen LogP contribution >= 0.6 is 0 Å². The van der Waals surface area contributed by atoms with E-state index in [1.807, 2.05) is 0 Å². The van der Waals surface area contributed by atoms with Gasteiger partial charge in [-0.05, 0) is 0 Å². The molecule has 0 atom stereocenters. The minimum absolute atomic E-state index is 0.170. The van der Waals surface area contributed by atoms with E-state index < -0.39 is 0 Å². The number of nitrogens with zero attached hydrogens (tertiary/aromatic N) is 1. The van der Waals surface area contributed by atoms with E-state index in [1.54, 1.807) is 0 Å². The van der Waals surface area contributed by atoms with Gasteiger partial charge in [0.2, 0.25) is 0 Å². The Morgan fingerprint density at radius 1 is 1.23 bits per heavy atom. The van der Waals surface area contributed by atoms with Gasteiger partial charge in [0.15, 0.2) is 0 Å². The van der Waals surface area contributed by atoms with Crippen LogP contribution < -0.4 is 0 Å². The first-order chi connectivity index (χ1) is 6.09. The fourth-order valence-corrected chi connectivity index (χ4v) is 1.67. The number of aromatic nitrogens is 1. The summed E-state index contributed by atoms with van der Waals surface area (Å²) in [6.45, 7) is 8.83. The molecule has 0 aliphatic rings. The van der Waals surface area contributed by atoms with Gasteiger partial charge in [-0.15, -0.1) is 0 Å². The molecule has 2 heteroatoms. The van der Waals surface area contributed by atoms with E-state index in [-0.39, 0.29) is 5.54 Å². The van der Waals surface area contributed by atoms with E-state index >= 15 is 0 Å². The molecule has 0 bridgehead atoms. The Hall–Kier alpha value is -1.05. The van der Waals surface area contributed by atoms with Crippen LogP contribution in [0.2, 0.25) is 0 Å². The van der Waals surface area contributed by atoms with Crippen LogP contribution in [0.1, 0.15) is 20.8 Å². The minimum atomic E-state index is 0.170. The molecule has 1 nitrogen and oxygen atoms in total. The molecule has 0 amide bonds. The zero-order valence-corrected chi connectivity index (χ0v) is 8.41. The second kappa shape index (κ2) is 2.73. The van der Waals surface area contributed by atoms with Gasteiger partial charge in [-0.2, -0.15) is 0 Å². The van der Waals surface area contributed by atoms with E-state index in [9.17, 15) is 0 Å². The van der Waals surface area contributed by atoms with Crippen molar-refractivity contribution < 1.29 is 0 Å². The molecule has 0 saturated carbocycles. The maximum absolute atomic E-state index is 2.31. The summed E-state index contributed by atoms with van der Waals surface area (Å²) in [4.78, 5) is 0. The van der Waals surface area contributed by atoms with Crippen LogP contribution in [0, 0.1) is 0 Å². The summed E-state index contributed by atoms with van der Waals surface area (Å²) in [6, 6.07) is 6.40. The van der Waals surface area contributed by atoms with Crippen LogP contribution in [-0.2, 0) is 5.54 Å². The van der Waals surface area contributed by atoms with Crippen LogP contribution in [0.3, 0.4) is 0 Å². The van der Waals surface area contributed by atoms with Gasteiger partial charge >= 0.3 is 78.9 Å². The molecular weight excluding hydrogens is 157 g/mol. The van der Waals surface area contributed by atoms with E-state index in [0.29, 0.717) is 0 Å². The van der Waals surface area contributed by atoms with Crippen molar-refractivity contribution in [3.63, 3.8) is 0 Å². The molecule has 2 aromatic heterocycles. The zero-order chi connectivity index (χ0) is 9.47. The summed E-state index contributed by atoms with van der Waals surface area (Å²) < 4.78 is 2.31. The average Bonchev–Trinajstić information content (AvgIpc) is 2.45. The summed E-state index contributed by atoms with van der Waals surface area (Å²) in [5, 5.41) is 1.32. The third-order valence-electron chi connectivity index (χ3n) is 2.32. The van der Waals surface area contributed by atoms with E-state index in [0.717, 1.165) is 0 Å². The number of fused-ring (bicyclic) bond motifs is 1. The number of hydrogen-bond acceptors (Lipinski definition) is 0. The van der Waals surface area contributed by atoms with Gasteiger partial charge in [0.25, 0.3) is 0 Å². The van der Waals surface area contributed by atoms with Gasteiger partial charge in [0.1, 0.15) is 0 Å². The quantitative estimate of drug-likeness (QED) is 0.574.